The quantitative estimate of drug-likeness (QED) is 0.898. The number of rotatable bonds is 3. The number of hydrogen-bond acceptors (Lipinski definition) is 3. The van der Waals surface area contributed by atoms with Crippen molar-refractivity contribution in [1.82, 2.24) is 0 Å². The maximum Gasteiger partial charge on any atom is 0.417 e. The van der Waals surface area contributed by atoms with E-state index in [-0.39, 0.29) is 0 Å². The van der Waals surface area contributed by atoms with Gasteiger partial charge in [0.2, 0.25) is 5.91 Å². The number of carbonyl (C=O) groups is 1. The molecule has 1 amide bonds. The lowest BCUT2D eigenvalue weighted by atomic mass is 9.70. The van der Waals surface area contributed by atoms with Gasteiger partial charge in [-0.3, -0.25) is 4.79 Å². The molecule has 7 heteroatoms. The van der Waals surface area contributed by atoms with Gasteiger partial charge < -0.3 is 15.2 Å². The molecule has 0 spiro atoms. The zero-order valence-electron chi connectivity index (χ0n) is 10.7. The van der Waals surface area contributed by atoms with Gasteiger partial charge in [0.05, 0.1) is 7.11 Å². The van der Waals surface area contributed by atoms with Gasteiger partial charge >= 0.3 is 6.18 Å². The lowest BCUT2D eigenvalue weighted by Gasteiger charge is -2.43. The van der Waals surface area contributed by atoms with Crippen LogP contribution < -0.4 is 10.1 Å². The Morgan fingerprint density at radius 3 is 2.65 bits per heavy atom. The number of alkyl halides is 3. The molecule has 20 heavy (non-hydrogen) atoms. The van der Waals surface area contributed by atoms with Crippen molar-refractivity contribution in [3.63, 3.8) is 0 Å². The first kappa shape index (κ1) is 14.6. The molecule has 1 fully saturated rings. The van der Waals surface area contributed by atoms with Gasteiger partial charge in [0, 0.05) is 17.7 Å². The van der Waals surface area contributed by atoms with E-state index >= 15 is 0 Å². The number of benzene rings is 1. The molecule has 2 rings (SSSR count). The van der Waals surface area contributed by atoms with Gasteiger partial charge in [-0.15, -0.1) is 0 Å². The van der Waals surface area contributed by atoms with Crippen molar-refractivity contribution < 1.29 is 27.8 Å². The third-order valence-corrected chi connectivity index (χ3v) is 3.40. The van der Waals surface area contributed by atoms with Crippen molar-refractivity contribution in [1.29, 1.82) is 0 Å². The summed E-state index contributed by atoms with van der Waals surface area (Å²) in [4.78, 5) is 11.8. The second-order valence-electron chi connectivity index (χ2n) is 4.86. The highest BCUT2D eigenvalue weighted by atomic mass is 19.4. The molecule has 1 aliphatic carbocycles. The lowest BCUT2D eigenvalue weighted by molar-refractivity contribution is -0.295. The van der Waals surface area contributed by atoms with E-state index in [0.29, 0.717) is 11.4 Å². The Bertz CT molecular complexity index is 510. The third kappa shape index (κ3) is 2.72. The Balaban J connectivity index is 1.95. The van der Waals surface area contributed by atoms with Crippen LogP contribution in [0, 0.1) is 5.92 Å². The normalized spacial score (nSPS) is 25.8. The predicted molar refractivity (Wildman–Crippen MR) is 65.4 cm³/mol. The summed E-state index contributed by atoms with van der Waals surface area (Å²) in [6, 6.07) is 6.50. The molecule has 1 aliphatic rings. The van der Waals surface area contributed by atoms with Crippen molar-refractivity contribution in [3.8, 4) is 5.75 Å². The number of ether oxygens (including phenoxy) is 1. The maximum absolute atomic E-state index is 12.4. The largest absolute Gasteiger partial charge is 0.497 e. The fourth-order valence-corrected chi connectivity index (χ4v) is 2.12. The van der Waals surface area contributed by atoms with Crippen LogP contribution in [0.15, 0.2) is 24.3 Å². The summed E-state index contributed by atoms with van der Waals surface area (Å²) in [6.45, 7) is 0. The minimum Gasteiger partial charge on any atom is -0.497 e. The van der Waals surface area contributed by atoms with Gasteiger partial charge in [0.1, 0.15) is 5.75 Å². The summed E-state index contributed by atoms with van der Waals surface area (Å²) in [5.74, 6) is -0.844. The van der Waals surface area contributed by atoms with Crippen LogP contribution in [0.1, 0.15) is 12.8 Å². The number of aliphatic hydroxyl groups is 1. The molecular formula is C13H14F3NO3. The Kier molecular flexibility index (Phi) is 3.64. The number of hydrogen-bond donors (Lipinski definition) is 2. The summed E-state index contributed by atoms with van der Waals surface area (Å²) in [5.41, 5.74) is -2.29. The standard InChI is InChI=1S/C13H14F3NO3/c1-20-10-4-2-3-9(5-10)17-11(18)8-6-12(19,7-8)13(14,15)16/h2-5,8,19H,6-7H2,1H3,(H,17,18). The van der Waals surface area contributed by atoms with Crippen LogP contribution in [-0.2, 0) is 4.79 Å². The van der Waals surface area contributed by atoms with E-state index in [9.17, 15) is 23.1 Å². The van der Waals surface area contributed by atoms with Crippen molar-refractivity contribution in [2.24, 2.45) is 5.92 Å². The Morgan fingerprint density at radius 2 is 2.10 bits per heavy atom. The van der Waals surface area contributed by atoms with E-state index in [4.69, 9.17) is 4.74 Å². The number of halogens is 3. The molecular weight excluding hydrogens is 275 g/mol. The first-order valence-electron chi connectivity index (χ1n) is 5.99. The smallest absolute Gasteiger partial charge is 0.417 e. The van der Waals surface area contributed by atoms with Crippen LogP contribution in [0.5, 0.6) is 5.75 Å². The fraction of sp³-hybridized carbons (Fsp3) is 0.462. The Labute approximate surface area is 113 Å². The van der Waals surface area contributed by atoms with Crippen LogP contribution in [0.2, 0.25) is 0 Å². The van der Waals surface area contributed by atoms with E-state index in [1.54, 1.807) is 24.3 Å². The molecule has 110 valence electrons. The molecule has 0 radical (unpaired) electrons. The third-order valence-electron chi connectivity index (χ3n) is 3.40. The fourth-order valence-electron chi connectivity index (χ4n) is 2.12. The molecule has 1 saturated carbocycles. The van der Waals surface area contributed by atoms with Gasteiger partial charge in [-0.1, -0.05) is 6.07 Å². The predicted octanol–water partition coefficient (Wildman–Crippen LogP) is 2.34. The van der Waals surface area contributed by atoms with Gasteiger partial charge in [-0.2, -0.15) is 13.2 Å². The molecule has 0 aliphatic heterocycles. The molecule has 0 heterocycles. The number of amides is 1. The average Bonchev–Trinajstić information content (AvgIpc) is 2.33. The zero-order valence-corrected chi connectivity index (χ0v) is 10.7. The monoisotopic (exact) mass is 289 g/mol. The van der Waals surface area contributed by atoms with E-state index in [1.807, 2.05) is 0 Å². The summed E-state index contributed by atoms with van der Waals surface area (Å²) >= 11 is 0. The maximum atomic E-state index is 12.4. The van der Waals surface area contributed by atoms with Crippen molar-refractivity contribution in [2.75, 3.05) is 12.4 Å². The lowest BCUT2D eigenvalue weighted by Crippen LogP contribution is -2.57. The first-order chi connectivity index (χ1) is 9.25. The molecule has 0 aromatic heterocycles. The van der Waals surface area contributed by atoms with Crippen LogP contribution in [0.25, 0.3) is 0 Å². The number of nitrogens with one attached hydrogen (secondary N) is 1. The van der Waals surface area contributed by atoms with Crippen molar-refractivity contribution >= 4 is 11.6 Å². The number of anilines is 1. The van der Waals surface area contributed by atoms with Crippen LogP contribution in [0.4, 0.5) is 18.9 Å². The highest BCUT2D eigenvalue weighted by molar-refractivity contribution is 5.93. The van der Waals surface area contributed by atoms with E-state index < -0.39 is 36.4 Å². The summed E-state index contributed by atoms with van der Waals surface area (Å²) in [7, 11) is 1.47. The average molecular weight is 289 g/mol. The van der Waals surface area contributed by atoms with Crippen LogP contribution >= 0.6 is 0 Å². The zero-order chi connectivity index (χ0) is 15.0. The van der Waals surface area contributed by atoms with Gasteiger partial charge in [0.25, 0.3) is 0 Å². The van der Waals surface area contributed by atoms with Gasteiger partial charge in [-0.05, 0) is 25.0 Å². The minimum absolute atomic E-state index is 0.441. The molecule has 4 nitrogen and oxygen atoms in total. The van der Waals surface area contributed by atoms with Crippen LogP contribution in [0.3, 0.4) is 0 Å². The molecule has 2 N–H and O–H groups in total. The van der Waals surface area contributed by atoms with Gasteiger partial charge in [-0.25, -0.2) is 0 Å². The SMILES string of the molecule is COc1cccc(NC(=O)C2CC(O)(C(F)(F)F)C2)c1. The first-order valence-corrected chi connectivity index (χ1v) is 5.99. The van der Waals surface area contributed by atoms with E-state index in [2.05, 4.69) is 5.32 Å². The van der Waals surface area contributed by atoms with Gasteiger partial charge in [0.15, 0.2) is 5.60 Å². The number of carbonyl (C=O) groups excluding carboxylic acids is 1. The van der Waals surface area contributed by atoms with E-state index in [0.717, 1.165) is 0 Å². The molecule has 0 bridgehead atoms. The second-order valence-corrected chi connectivity index (χ2v) is 4.86. The highest BCUT2D eigenvalue weighted by Crippen LogP contribution is 2.48. The summed E-state index contributed by atoms with van der Waals surface area (Å²) in [5, 5.41) is 11.8. The summed E-state index contributed by atoms with van der Waals surface area (Å²) in [6.07, 6.45) is -5.90. The molecule has 0 atom stereocenters. The Hall–Kier alpha value is -1.76. The topological polar surface area (TPSA) is 58.6 Å². The van der Waals surface area contributed by atoms with Crippen molar-refractivity contribution in [3.05, 3.63) is 24.3 Å². The molecule has 0 unspecified atom stereocenters. The molecule has 1 aromatic rings. The van der Waals surface area contributed by atoms with Crippen molar-refractivity contribution in [2.45, 2.75) is 24.6 Å². The molecule has 1 aromatic carbocycles. The van der Waals surface area contributed by atoms with Crippen LogP contribution in [-0.4, -0.2) is 29.9 Å². The second kappa shape index (κ2) is 4.97. The minimum atomic E-state index is -4.69. The highest BCUT2D eigenvalue weighted by Gasteiger charge is 2.62. The molecule has 0 saturated heterocycles. The Morgan fingerprint density at radius 1 is 1.45 bits per heavy atom. The number of methoxy groups -OCH3 is 1. The van der Waals surface area contributed by atoms with E-state index in [1.165, 1.54) is 7.11 Å². The summed E-state index contributed by atoms with van der Waals surface area (Å²) < 4.78 is 42.3.